The number of carbonyl (C=O) groups excluding carboxylic acids is 1. The zero-order chi connectivity index (χ0) is 20.1. The summed E-state index contributed by atoms with van der Waals surface area (Å²) in [4.78, 5) is 14.9. The normalized spacial score (nSPS) is 14.2. The van der Waals surface area contributed by atoms with Crippen LogP contribution >= 0.6 is 0 Å². The van der Waals surface area contributed by atoms with E-state index in [1.165, 1.54) is 42.6 Å². The van der Waals surface area contributed by atoms with Gasteiger partial charge < -0.3 is 5.32 Å². The Kier molecular flexibility index (Phi) is 6.00. The van der Waals surface area contributed by atoms with Crippen LogP contribution in [0.4, 0.5) is 0 Å². The fourth-order valence-electron chi connectivity index (χ4n) is 3.68. The Morgan fingerprint density at radius 1 is 1.00 bits per heavy atom. The molecule has 4 rings (SSSR count). The van der Waals surface area contributed by atoms with Gasteiger partial charge in [-0.25, -0.2) is 4.68 Å². The first-order chi connectivity index (χ1) is 14.2. The Hall–Kier alpha value is -2.99. The lowest BCUT2D eigenvalue weighted by atomic mass is 10.1. The summed E-state index contributed by atoms with van der Waals surface area (Å²) in [6.07, 6.45) is 4.31. The van der Waals surface area contributed by atoms with Gasteiger partial charge in [-0.3, -0.25) is 9.69 Å². The van der Waals surface area contributed by atoms with Crippen molar-refractivity contribution in [2.45, 2.75) is 39.4 Å². The van der Waals surface area contributed by atoms with Crippen LogP contribution in [0.25, 0.3) is 0 Å². The van der Waals surface area contributed by atoms with E-state index < -0.39 is 0 Å². The molecule has 3 aromatic rings. The molecule has 6 nitrogen and oxygen atoms in total. The number of hydrogen-bond donors (Lipinski definition) is 1. The Balaban J connectivity index is 1.29. The first-order valence-electron chi connectivity index (χ1n) is 10.2. The van der Waals surface area contributed by atoms with Gasteiger partial charge in [-0.15, -0.1) is 5.10 Å². The number of benzene rings is 2. The van der Waals surface area contributed by atoms with Crippen molar-refractivity contribution in [1.29, 1.82) is 0 Å². The zero-order valence-electron chi connectivity index (χ0n) is 16.8. The van der Waals surface area contributed by atoms with E-state index in [2.05, 4.69) is 63.9 Å². The number of likely N-dealkylation sites (tertiary alicyclic amines) is 1. The molecule has 0 atom stereocenters. The van der Waals surface area contributed by atoms with E-state index in [1.807, 2.05) is 12.1 Å². The number of nitrogens with one attached hydrogen (secondary N) is 1. The first-order valence-corrected chi connectivity index (χ1v) is 10.2. The Labute approximate surface area is 171 Å². The fourth-order valence-corrected chi connectivity index (χ4v) is 3.68. The quantitative estimate of drug-likeness (QED) is 0.674. The summed E-state index contributed by atoms with van der Waals surface area (Å²) in [7, 11) is 0. The molecule has 2 heterocycles. The van der Waals surface area contributed by atoms with Crippen LogP contribution in [0.1, 0.15) is 45.6 Å². The Morgan fingerprint density at radius 3 is 2.48 bits per heavy atom. The summed E-state index contributed by atoms with van der Waals surface area (Å²) < 4.78 is 1.70. The van der Waals surface area contributed by atoms with Crippen molar-refractivity contribution in [2.24, 2.45) is 0 Å². The molecule has 0 spiro atoms. The molecule has 1 aliphatic rings. The van der Waals surface area contributed by atoms with Gasteiger partial charge in [0, 0.05) is 13.1 Å². The molecule has 1 aliphatic heterocycles. The van der Waals surface area contributed by atoms with Gasteiger partial charge in [0.15, 0.2) is 5.69 Å². The van der Waals surface area contributed by atoms with E-state index in [1.54, 1.807) is 10.9 Å². The SMILES string of the molecule is Cc1ccccc1Cn1cc(C(=O)NCc2ccc(CN3CCCC3)cc2)nn1. The van der Waals surface area contributed by atoms with Crippen LogP contribution < -0.4 is 5.32 Å². The van der Waals surface area contributed by atoms with E-state index in [-0.39, 0.29) is 5.91 Å². The van der Waals surface area contributed by atoms with E-state index in [4.69, 9.17) is 0 Å². The molecule has 1 fully saturated rings. The second kappa shape index (κ2) is 9.01. The lowest BCUT2D eigenvalue weighted by Gasteiger charge is -2.14. The molecular weight excluding hydrogens is 362 g/mol. The average Bonchev–Trinajstić information content (AvgIpc) is 3.41. The number of carbonyl (C=O) groups is 1. The van der Waals surface area contributed by atoms with E-state index in [0.717, 1.165) is 12.1 Å². The van der Waals surface area contributed by atoms with Gasteiger partial charge in [0.25, 0.3) is 5.91 Å². The van der Waals surface area contributed by atoms with Crippen LogP contribution in [-0.2, 0) is 19.6 Å². The highest BCUT2D eigenvalue weighted by atomic mass is 16.2. The highest BCUT2D eigenvalue weighted by Crippen LogP contribution is 2.13. The zero-order valence-corrected chi connectivity index (χ0v) is 16.8. The monoisotopic (exact) mass is 389 g/mol. The maximum Gasteiger partial charge on any atom is 0.273 e. The largest absolute Gasteiger partial charge is 0.347 e. The third-order valence-electron chi connectivity index (χ3n) is 5.45. The van der Waals surface area contributed by atoms with Crippen LogP contribution in [0.5, 0.6) is 0 Å². The summed E-state index contributed by atoms with van der Waals surface area (Å²) in [6.45, 7) is 6.55. The van der Waals surface area contributed by atoms with Gasteiger partial charge >= 0.3 is 0 Å². The molecule has 29 heavy (non-hydrogen) atoms. The molecule has 1 N–H and O–H groups in total. The summed E-state index contributed by atoms with van der Waals surface area (Å²) in [6, 6.07) is 16.6. The standard InChI is InChI=1S/C23H27N5O/c1-18-6-2-3-7-21(18)16-28-17-22(25-26-28)23(29)24-14-19-8-10-20(11-9-19)15-27-12-4-5-13-27/h2-3,6-11,17H,4-5,12-16H2,1H3,(H,24,29). The summed E-state index contributed by atoms with van der Waals surface area (Å²) >= 11 is 0. The van der Waals surface area contributed by atoms with Crippen LogP contribution in [-0.4, -0.2) is 38.9 Å². The number of aryl methyl sites for hydroxylation is 1. The molecule has 1 amide bonds. The molecule has 2 aromatic carbocycles. The second-order valence-electron chi connectivity index (χ2n) is 7.71. The topological polar surface area (TPSA) is 63.1 Å². The highest BCUT2D eigenvalue weighted by Gasteiger charge is 2.13. The molecule has 0 radical (unpaired) electrons. The van der Waals surface area contributed by atoms with E-state index >= 15 is 0 Å². The van der Waals surface area contributed by atoms with Crippen molar-refractivity contribution < 1.29 is 4.79 Å². The Bertz CT molecular complexity index is 957. The predicted octanol–water partition coefficient (Wildman–Crippen LogP) is 3.16. The minimum Gasteiger partial charge on any atom is -0.347 e. The van der Waals surface area contributed by atoms with Crippen molar-refractivity contribution in [3.63, 3.8) is 0 Å². The summed E-state index contributed by atoms with van der Waals surface area (Å²) in [5.74, 6) is -0.206. The van der Waals surface area contributed by atoms with Gasteiger partial charge in [-0.2, -0.15) is 0 Å². The molecule has 1 aromatic heterocycles. The minimum absolute atomic E-state index is 0.206. The summed E-state index contributed by atoms with van der Waals surface area (Å²) in [5.41, 5.74) is 5.10. The molecular formula is C23H27N5O. The smallest absolute Gasteiger partial charge is 0.273 e. The number of amides is 1. The molecule has 6 heteroatoms. The third-order valence-corrected chi connectivity index (χ3v) is 5.45. The van der Waals surface area contributed by atoms with Crippen LogP contribution in [0.2, 0.25) is 0 Å². The van der Waals surface area contributed by atoms with Gasteiger partial charge in [-0.1, -0.05) is 53.7 Å². The Morgan fingerprint density at radius 2 is 1.72 bits per heavy atom. The van der Waals surface area contributed by atoms with Crippen molar-refractivity contribution in [2.75, 3.05) is 13.1 Å². The number of nitrogens with zero attached hydrogens (tertiary/aromatic N) is 4. The summed E-state index contributed by atoms with van der Waals surface area (Å²) in [5, 5.41) is 11.0. The molecule has 0 bridgehead atoms. The van der Waals surface area contributed by atoms with Gasteiger partial charge in [0.05, 0.1) is 12.7 Å². The van der Waals surface area contributed by atoms with Gasteiger partial charge in [-0.05, 0) is 55.1 Å². The molecule has 0 saturated carbocycles. The second-order valence-corrected chi connectivity index (χ2v) is 7.71. The van der Waals surface area contributed by atoms with Crippen molar-refractivity contribution in [3.05, 3.63) is 82.7 Å². The van der Waals surface area contributed by atoms with E-state index in [0.29, 0.717) is 18.8 Å². The number of rotatable bonds is 7. The maximum atomic E-state index is 12.4. The predicted molar refractivity (Wildman–Crippen MR) is 112 cm³/mol. The fraction of sp³-hybridized carbons (Fsp3) is 0.348. The molecule has 0 aliphatic carbocycles. The average molecular weight is 390 g/mol. The molecule has 1 saturated heterocycles. The minimum atomic E-state index is -0.206. The molecule has 150 valence electrons. The van der Waals surface area contributed by atoms with Gasteiger partial charge in [0.2, 0.25) is 0 Å². The van der Waals surface area contributed by atoms with Crippen LogP contribution in [0.3, 0.4) is 0 Å². The van der Waals surface area contributed by atoms with Crippen molar-refractivity contribution in [1.82, 2.24) is 25.2 Å². The third kappa shape index (κ3) is 5.09. The molecule has 0 unspecified atom stereocenters. The van der Waals surface area contributed by atoms with Crippen LogP contribution in [0, 0.1) is 6.92 Å². The van der Waals surface area contributed by atoms with Crippen molar-refractivity contribution in [3.8, 4) is 0 Å². The lowest BCUT2D eigenvalue weighted by Crippen LogP contribution is -2.23. The number of hydrogen-bond acceptors (Lipinski definition) is 4. The first kappa shape index (κ1) is 19.3. The van der Waals surface area contributed by atoms with E-state index in [9.17, 15) is 4.79 Å². The maximum absolute atomic E-state index is 12.4. The highest BCUT2D eigenvalue weighted by molar-refractivity contribution is 5.91. The van der Waals surface area contributed by atoms with Gasteiger partial charge in [0.1, 0.15) is 0 Å². The van der Waals surface area contributed by atoms with Crippen LogP contribution in [0.15, 0.2) is 54.7 Å². The van der Waals surface area contributed by atoms with Crippen molar-refractivity contribution >= 4 is 5.91 Å². The lowest BCUT2D eigenvalue weighted by molar-refractivity contribution is 0.0946. The number of aromatic nitrogens is 3.